The molecule has 0 N–H and O–H groups in total. The Morgan fingerprint density at radius 1 is 1.44 bits per heavy atom. The van der Waals surface area contributed by atoms with Crippen molar-refractivity contribution in [2.75, 3.05) is 7.11 Å². The maximum absolute atomic E-state index is 5.88. The number of hydrogen-bond acceptors (Lipinski definition) is 3. The van der Waals surface area contributed by atoms with Crippen molar-refractivity contribution >= 4 is 11.6 Å². The number of oxazole rings is 1. The van der Waals surface area contributed by atoms with Gasteiger partial charge >= 0.3 is 0 Å². The molecule has 2 rings (SSSR count). The van der Waals surface area contributed by atoms with Gasteiger partial charge in [0.25, 0.3) is 0 Å². The van der Waals surface area contributed by atoms with Gasteiger partial charge in [-0.15, -0.1) is 11.6 Å². The van der Waals surface area contributed by atoms with E-state index in [0.29, 0.717) is 11.7 Å². The highest BCUT2D eigenvalue weighted by molar-refractivity contribution is 6.20. The summed E-state index contributed by atoms with van der Waals surface area (Å²) >= 11 is 5.88. The van der Waals surface area contributed by atoms with E-state index in [9.17, 15) is 0 Å². The number of rotatable bonds is 3. The molecule has 0 bridgehead atoms. The third-order valence-corrected chi connectivity index (χ3v) is 2.40. The van der Waals surface area contributed by atoms with Gasteiger partial charge in [-0.1, -0.05) is 12.1 Å². The number of alkyl halides is 1. The van der Waals surface area contributed by atoms with Gasteiger partial charge in [0.1, 0.15) is 11.1 Å². The third kappa shape index (κ3) is 2.19. The molecule has 0 aliphatic rings. The minimum absolute atomic E-state index is 0.223. The van der Waals surface area contributed by atoms with Gasteiger partial charge in [-0.3, -0.25) is 0 Å². The summed E-state index contributed by atoms with van der Waals surface area (Å²) in [5.41, 5.74) is 0.926. The number of methoxy groups -OCH3 is 1. The molecule has 2 aromatic rings. The predicted molar refractivity (Wildman–Crippen MR) is 62.8 cm³/mol. The van der Waals surface area contributed by atoms with E-state index in [1.165, 1.54) is 0 Å². The van der Waals surface area contributed by atoms with Crippen LogP contribution >= 0.6 is 11.6 Å². The first-order chi connectivity index (χ1) is 7.70. The van der Waals surface area contributed by atoms with Gasteiger partial charge in [-0.2, -0.15) is 0 Å². The van der Waals surface area contributed by atoms with Crippen LogP contribution in [-0.4, -0.2) is 12.1 Å². The topological polar surface area (TPSA) is 35.3 Å². The van der Waals surface area contributed by atoms with Crippen LogP contribution in [0.15, 0.2) is 34.9 Å². The molecule has 1 aromatic heterocycles. The summed E-state index contributed by atoms with van der Waals surface area (Å²) in [5, 5.41) is -0.223. The Bertz CT molecular complexity index is 479. The molecule has 4 heteroatoms. The Kier molecular flexibility index (Phi) is 3.15. The monoisotopic (exact) mass is 237 g/mol. The Labute approximate surface area is 99.0 Å². The molecule has 1 heterocycles. The lowest BCUT2D eigenvalue weighted by Crippen LogP contribution is -1.82. The van der Waals surface area contributed by atoms with E-state index in [2.05, 4.69) is 4.98 Å². The molecule has 0 saturated heterocycles. The van der Waals surface area contributed by atoms with Crippen LogP contribution in [0.5, 0.6) is 5.75 Å². The molecule has 0 aliphatic heterocycles. The zero-order valence-corrected chi connectivity index (χ0v) is 9.86. The molecule has 1 unspecified atom stereocenters. The molecule has 3 nitrogen and oxygen atoms in total. The van der Waals surface area contributed by atoms with E-state index >= 15 is 0 Å². The van der Waals surface area contributed by atoms with Crippen molar-refractivity contribution in [3.63, 3.8) is 0 Å². The number of halogens is 1. The van der Waals surface area contributed by atoms with Crippen molar-refractivity contribution in [2.45, 2.75) is 12.3 Å². The smallest absolute Gasteiger partial charge is 0.212 e. The largest absolute Gasteiger partial charge is 0.497 e. The predicted octanol–water partition coefficient (Wildman–Crippen LogP) is 3.65. The van der Waals surface area contributed by atoms with Crippen LogP contribution in [0.2, 0.25) is 0 Å². The first-order valence-corrected chi connectivity index (χ1v) is 5.38. The zero-order valence-electron chi connectivity index (χ0n) is 9.11. The van der Waals surface area contributed by atoms with Crippen LogP contribution in [0.4, 0.5) is 0 Å². The molecule has 16 heavy (non-hydrogen) atoms. The highest BCUT2D eigenvalue weighted by Crippen LogP contribution is 2.27. The summed E-state index contributed by atoms with van der Waals surface area (Å²) in [4.78, 5) is 4.11. The number of benzene rings is 1. The van der Waals surface area contributed by atoms with Crippen LogP contribution in [0.25, 0.3) is 11.3 Å². The van der Waals surface area contributed by atoms with Crippen LogP contribution < -0.4 is 4.74 Å². The second-order valence-electron chi connectivity index (χ2n) is 3.41. The van der Waals surface area contributed by atoms with Gasteiger partial charge in [0.05, 0.1) is 13.3 Å². The summed E-state index contributed by atoms with van der Waals surface area (Å²) < 4.78 is 10.7. The first-order valence-electron chi connectivity index (χ1n) is 4.95. The third-order valence-electron chi connectivity index (χ3n) is 2.22. The molecular formula is C12H12ClNO2. The maximum Gasteiger partial charge on any atom is 0.212 e. The first kappa shape index (κ1) is 11.0. The van der Waals surface area contributed by atoms with Crippen LogP contribution in [0, 0.1) is 0 Å². The Morgan fingerprint density at radius 3 is 2.88 bits per heavy atom. The average molecular weight is 238 g/mol. The van der Waals surface area contributed by atoms with Crippen molar-refractivity contribution in [3.8, 4) is 17.1 Å². The van der Waals surface area contributed by atoms with Gasteiger partial charge in [0.15, 0.2) is 5.76 Å². The zero-order chi connectivity index (χ0) is 11.5. The molecule has 1 aromatic carbocycles. The molecule has 0 saturated carbocycles. The van der Waals surface area contributed by atoms with Crippen molar-refractivity contribution in [1.82, 2.24) is 4.98 Å². The van der Waals surface area contributed by atoms with Crippen molar-refractivity contribution < 1.29 is 9.15 Å². The van der Waals surface area contributed by atoms with Gasteiger partial charge in [0, 0.05) is 5.56 Å². The highest BCUT2D eigenvalue weighted by atomic mass is 35.5. The van der Waals surface area contributed by atoms with E-state index in [-0.39, 0.29) is 5.38 Å². The normalized spacial score (nSPS) is 12.4. The van der Waals surface area contributed by atoms with Crippen LogP contribution in [-0.2, 0) is 0 Å². The summed E-state index contributed by atoms with van der Waals surface area (Å²) in [5.74, 6) is 2.01. The lowest BCUT2D eigenvalue weighted by atomic mass is 10.2. The maximum atomic E-state index is 5.88. The number of ether oxygens (including phenoxy) is 1. The highest BCUT2D eigenvalue weighted by Gasteiger charge is 2.10. The molecule has 0 fully saturated rings. The molecule has 84 valence electrons. The molecule has 0 aliphatic carbocycles. The minimum Gasteiger partial charge on any atom is -0.497 e. The van der Waals surface area contributed by atoms with E-state index in [0.717, 1.165) is 11.3 Å². The Hall–Kier alpha value is -1.48. The molecule has 0 radical (unpaired) electrons. The lowest BCUT2D eigenvalue weighted by Gasteiger charge is -2.01. The standard InChI is InChI=1S/C12H12ClNO2/c1-8(13)12-14-7-11(16-12)9-4-3-5-10(6-9)15-2/h3-8H,1-2H3. The summed E-state index contributed by atoms with van der Waals surface area (Å²) in [6.07, 6.45) is 1.67. The van der Waals surface area contributed by atoms with E-state index in [1.807, 2.05) is 31.2 Å². The second-order valence-corrected chi connectivity index (χ2v) is 4.07. The van der Waals surface area contributed by atoms with Gasteiger partial charge in [0.2, 0.25) is 5.89 Å². The Balaban J connectivity index is 2.34. The van der Waals surface area contributed by atoms with Crippen molar-refractivity contribution in [2.24, 2.45) is 0 Å². The fraction of sp³-hybridized carbons (Fsp3) is 0.250. The van der Waals surface area contributed by atoms with E-state index in [1.54, 1.807) is 13.3 Å². The Morgan fingerprint density at radius 2 is 2.25 bits per heavy atom. The number of hydrogen-bond donors (Lipinski definition) is 0. The summed E-state index contributed by atoms with van der Waals surface area (Å²) in [6.45, 7) is 1.82. The van der Waals surface area contributed by atoms with Crippen molar-refractivity contribution in [3.05, 3.63) is 36.4 Å². The molecule has 0 spiro atoms. The number of aromatic nitrogens is 1. The van der Waals surface area contributed by atoms with Crippen molar-refractivity contribution in [1.29, 1.82) is 0 Å². The summed E-state index contributed by atoms with van der Waals surface area (Å²) in [6, 6.07) is 7.61. The quantitative estimate of drug-likeness (QED) is 0.765. The fourth-order valence-corrected chi connectivity index (χ4v) is 1.48. The number of nitrogens with zero attached hydrogens (tertiary/aromatic N) is 1. The van der Waals surface area contributed by atoms with Gasteiger partial charge < -0.3 is 9.15 Å². The van der Waals surface area contributed by atoms with Crippen LogP contribution in [0.3, 0.4) is 0 Å². The lowest BCUT2D eigenvalue weighted by molar-refractivity contribution is 0.414. The molecular weight excluding hydrogens is 226 g/mol. The van der Waals surface area contributed by atoms with Crippen LogP contribution in [0.1, 0.15) is 18.2 Å². The summed E-state index contributed by atoms with van der Waals surface area (Å²) in [7, 11) is 1.63. The minimum atomic E-state index is -0.223. The average Bonchev–Trinajstić information content (AvgIpc) is 2.78. The molecule has 1 atom stereocenters. The van der Waals surface area contributed by atoms with E-state index in [4.69, 9.17) is 20.8 Å². The van der Waals surface area contributed by atoms with Gasteiger partial charge in [-0.05, 0) is 19.1 Å². The molecule has 0 amide bonds. The van der Waals surface area contributed by atoms with E-state index < -0.39 is 0 Å². The SMILES string of the molecule is COc1cccc(-c2cnc(C(C)Cl)o2)c1. The van der Waals surface area contributed by atoms with Gasteiger partial charge in [-0.25, -0.2) is 4.98 Å². The second kappa shape index (κ2) is 4.58. The fourth-order valence-electron chi connectivity index (χ4n) is 1.38.